The molecule has 1 aromatic heterocycles. The summed E-state index contributed by atoms with van der Waals surface area (Å²) in [6.07, 6.45) is 0. The second-order valence-corrected chi connectivity index (χ2v) is 5.13. The molecule has 100 valence electrons. The van der Waals surface area contributed by atoms with Crippen LogP contribution in [0.15, 0.2) is 57.7 Å². The predicted octanol–water partition coefficient (Wildman–Crippen LogP) is 4.84. The molecule has 0 bridgehead atoms. The van der Waals surface area contributed by atoms with Crippen LogP contribution in [0.1, 0.15) is 0 Å². The van der Waals surface area contributed by atoms with E-state index in [4.69, 9.17) is 27.6 Å². The highest BCUT2D eigenvalue weighted by Crippen LogP contribution is 2.28. The second kappa shape index (κ2) is 5.19. The van der Waals surface area contributed by atoms with Gasteiger partial charge < -0.3 is 9.73 Å². The van der Waals surface area contributed by atoms with Crippen molar-refractivity contribution in [2.45, 2.75) is 0 Å². The van der Waals surface area contributed by atoms with Gasteiger partial charge in [-0.25, -0.2) is 4.79 Å². The van der Waals surface area contributed by atoms with Crippen LogP contribution in [0.5, 0.6) is 0 Å². The van der Waals surface area contributed by atoms with Gasteiger partial charge in [0.25, 0.3) is 0 Å². The van der Waals surface area contributed by atoms with Crippen molar-refractivity contribution in [3.05, 3.63) is 69.0 Å². The maximum Gasteiger partial charge on any atom is 0.338 e. The van der Waals surface area contributed by atoms with E-state index in [9.17, 15) is 4.79 Å². The lowest BCUT2D eigenvalue weighted by Crippen LogP contribution is -2.01. The van der Waals surface area contributed by atoms with Gasteiger partial charge >= 0.3 is 5.63 Å². The Morgan fingerprint density at radius 2 is 1.65 bits per heavy atom. The molecule has 0 saturated heterocycles. The summed E-state index contributed by atoms with van der Waals surface area (Å²) >= 11 is 11.9. The molecule has 0 aliphatic carbocycles. The number of halogens is 2. The summed E-state index contributed by atoms with van der Waals surface area (Å²) in [5.41, 5.74) is 1.46. The third-order valence-electron chi connectivity index (χ3n) is 2.79. The Kier molecular flexibility index (Phi) is 3.38. The third kappa shape index (κ3) is 2.64. The van der Waals surface area contributed by atoms with E-state index in [1.165, 1.54) is 6.07 Å². The Labute approximate surface area is 124 Å². The average molecular weight is 306 g/mol. The lowest BCUT2D eigenvalue weighted by Gasteiger charge is -2.09. The van der Waals surface area contributed by atoms with Crippen molar-refractivity contribution in [3.63, 3.8) is 0 Å². The molecule has 0 amide bonds. The largest absolute Gasteiger partial charge is 0.423 e. The van der Waals surface area contributed by atoms with Crippen LogP contribution in [-0.2, 0) is 0 Å². The molecule has 3 aromatic rings. The second-order valence-electron chi connectivity index (χ2n) is 4.26. The first-order valence-electron chi connectivity index (χ1n) is 5.88. The van der Waals surface area contributed by atoms with Gasteiger partial charge in [-0.05, 0) is 30.3 Å². The van der Waals surface area contributed by atoms with Crippen LogP contribution >= 0.6 is 23.2 Å². The lowest BCUT2D eigenvalue weighted by atomic mass is 10.2. The number of fused-ring (bicyclic) bond motifs is 1. The maximum atomic E-state index is 11.6. The molecule has 0 saturated carbocycles. The smallest absolute Gasteiger partial charge is 0.338 e. The summed E-state index contributed by atoms with van der Waals surface area (Å²) in [7, 11) is 0. The standard InChI is InChI=1S/C15H9Cl2NO2/c16-9-5-10(17)7-11(6-9)18-13-8-15(19)20-14-4-2-1-3-12(13)14/h1-8,18H. The normalized spacial score (nSPS) is 10.7. The van der Waals surface area contributed by atoms with Gasteiger partial charge in [-0.1, -0.05) is 35.3 Å². The molecular formula is C15H9Cl2NO2. The van der Waals surface area contributed by atoms with Gasteiger partial charge in [0, 0.05) is 27.2 Å². The van der Waals surface area contributed by atoms with Crippen LogP contribution in [0, 0.1) is 0 Å². The zero-order valence-electron chi connectivity index (χ0n) is 10.2. The van der Waals surface area contributed by atoms with E-state index >= 15 is 0 Å². The molecule has 0 unspecified atom stereocenters. The van der Waals surface area contributed by atoms with E-state index < -0.39 is 5.63 Å². The summed E-state index contributed by atoms with van der Waals surface area (Å²) in [4.78, 5) is 11.6. The van der Waals surface area contributed by atoms with Crippen molar-refractivity contribution in [2.24, 2.45) is 0 Å². The van der Waals surface area contributed by atoms with Crippen LogP contribution in [0.3, 0.4) is 0 Å². The summed E-state index contributed by atoms with van der Waals surface area (Å²) in [5, 5.41) is 4.99. The van der Waals surface area contributed by atoms with Crippen LogP contribution in [0.2, 0.25) is 10.0 Å². The molecule has 3 nitrogen and oxygen atoms in total. The van der Waals surface area contributed by atoms with E-state index in [2.05, 4.69) is 5.32 Å². The Morgan fingerprint density at radius 1 is 0.950 bits per heavy atom. The average Bonchev–Trinajstić information content (AvgIpc) is 2.37. The summed E-state index contributed by atoms with van der Waals surface area (Å²) in [5.74, 6) is 0. The molecule has 0 atom stereocenters. The van der Waals surface area contributed by atoms with Gasteiger partial charge in [0.15, 0.2) is 0 Å². The topological polar surface area (TPSA) is 42.2 Å². The first-order chi connectivity index (χ1) is 9.61. The number of benzene rings is 2. The summed E-state index contributed by atoms with van der Waals surface area (Å²) in [6.45, 7) is 0. The number of hydrogen-bond donors (Lipinski definition) is 1. The summed E-state index contributed by atoms with van der Waals surface area (Å²) < 4.78 is 5.14. The van der Waals surface area contributed by atoms with E-state index in [-0.39, 0.29) is 0 Å². The molecule has 2 aromatic carbocycles. The number of para-hydroxylation sites is 1. The molecule has 0 aliphatic heterocycles. The highest BCUT2D eigenvalue weighted by Gasteiger charge is 2.06. The molecule has 0 radical (unpaired) electrons. The molecule has 20 heavy (non-hydrogen) atoms. The van der Waals surface area contributed by atoms with Gasteiger partial charge in [0.2, 0.25) is 0 Å². The SMILES string of the molecule is O=c1cc(Nc2cc(Cl)cc(Cl)c2)c2ccccc2o1. The van der Waals surface area contributed by atoms with E-state index in [1.807, 2.05) is 18.2 Å². The highest BCUT2D eigenvalue weighted by atomic mass is 35.5. The molecule has 1 heterocycles. The maximum absolute atomic E-state index is 11.6. The highest BCUT2D eigenvalue weighted by molar-refractivity contribution is 6.35. The Hall–Kier alpha value is -1.97. The van der Waals surface area contributed by atoms with Crippen molar-refractivity contribution in [2.75, 3.05) is 5.32 Å². The molecule has 1 N–H and O–H groups in total. The van der Waals surface area contributed by atoms with Gasteiger partial charge in [0.1, 0.15) is 5.58 Å². The first-order valence-corrected chi connectivity index (χ1v) is 6.63. The van der Waals surface area contributed by atoms with Crippen molar-refractivity contribution in [1.82, 2.24) is 0 Å². The van der Waals surface area contributed by atoms with Crippen molar-refractivity contribution >= 4 is 45.5 Å². The molecule has 0 fully saturated rings. The van der Waals surface area contributed by atoms with Gasteiger partial charge in [0.05, 0.1) is 5.69 Å². The minimum Gasteiger partial charge on any atom is -0.423 e. The molecule has 0 aliphatic rings. The molecule has 5 heteroatoms. The van der Waals surface area contributed by atoms with Gasteiger partial charge in [-0.2, -0.15) is 0 Å². The van der Waals surface area contributed by atoms with Crippen LogP contribution in [0.4, 0.5) is 11.4 Å². The monoisotopic (exact) mass is 305 g/mol. The Bertz CT molecular complexity index is 822. The van der Waals surface area contributed by atoms with E-state index in [0.29, 0.717) is 27.0 Å². The fourth-order valence-corrected chi connectivity index (χ4v) is 2.52. The van der Waals surface area contributed by atoms with Gasteiger partial charge in [-0.15, -0.1) is 0 Å². The first kappa shape index (κ1) is 13.0. The third-order valence-corrected chi connectivity index (χ3v) is 3.23. The Balaban J connectivity index is 2.12. The fourth-order valence-electron chi connectivity index (χ4n) is 2.00. The van der Waals surface area contributed by atoms with Crippen LogP contribution in [0.25, 0.3) is 11.0 Å². The van der Waals surface area contributed by atoms with E-state index in [1.54, 1.807) is 24.3 Å². The zero-order valence-corrected chi connectivity index (χ0v) is 11.7. The zero-order chi connectivity index (χ0) is 14.1. The predicted molar refractivity (Wildman–Crippen MR) is 82.2 cm³/mol. The molecular weight excluding hydrogens is 297 g/mol. The minimum absolute atomic E-state index is 0.417. The van der Waals surface area contributed by atoms with Crippen molar-refractivity contribution in [1.29, 1.82) is 0 Å². The number of rotatable bonds is 2. The number of anilines is 2. The molecule has 3 rings (SSSR count). The number of nitrogens with one attached hydrogen (secondary N) is 1. The summed E-state index contributed by atoms with van der Waals surface area (Å²) in [6, 6.07) is 13.8. The minimum atomic E-state index is -0.417. The van der Waals surface area contributed by atoms with Crippen LogP contribution in [-0.4, -0.2) is 0 Å². The Morgan fingerprint density at radius 3 is 2.40 bits per heavy atom. The van der Waals surface area contributed by atoms with Crippen molar-refractivity contribution < 1.29 is 4.42 Å². The van der Waals surface area contributed by atoms with Crippen molar-refractivity contribution in [3.8, 4) is 0 Å². The lowest BCUT2D eigenvalue weighted by molar-refractivity contribution is 0.561. The number of hydrogen-bond acceptors (Lipinski definition) is 3. The quantitative estimate of drug-likeness (QED) is 0.689. The van der Waals surface area contributed by atoms with Gasteiger partial charge in [-0.3, -0.25) is 0 Å². The fraction of sp³-hybridized carbons (Fsp3) is 0. The van der Waals surface area contributed by atoms with Crippen LogP contribution < -0.4 is 10.9 Å². The van der Waals surface area contributed by atoms with E-state index in [0.717, 1.165) is 5.39 Å². The molecule has 0 spiro atoms.